The lowest BCUT2D eigenvalue weighted by Crippen LogP contribution is -2.29. The summed E-state index contributed by atoms with van der Waals surface area (Å²) in [6.07, 6.45) is 5.03. The Morgan fingerprint density at radius 1 is 1.00 bits per heavy atom. The van der Waals surface area contributed by atoms with Gasteiger partial charge in [0.05, 0.1) is 0 Å². The summed E-state index contributed by atoms with van der Waals surface area (Å²) in [7, 11) is 0. The van der Waals surface area contributed by atoms with Crippen molar-refractivity contribution in [3.63, 3.8) is 0 Å². The lowest BCUT2D eigenvalue weighted by atomic mass is 9.78. The van der Waals surface area contributed by atoms with Crippen LogP contribution < -0.4 is 11.1 Å². The van der Waals surface area contributed by atoms with Crippen LogP contribution in [0.4, 0.5) is 0 Å². The first kappa shape index (κ1) is 15.9. The van der Waals surface area contributed by atoms with Gasteiger partial charge in [0.15, 0.2) is 0 Å². The van der Waals surface area contributed by atoms with Gasteiger partial charge < -0.3 is 11.1 Å². The number of rotatable bonds is 10. The quantitative estimate of drug-likeness (QED) is 0.564. The minimum atomic E-state index is 0.705. The van der Waals surface area contributed by atoms with Crippen molar-refractivity contribution in [2.24, 2.45) is 23.5 Å². The van der Waals surface area contributed by atoms with Gasteiger partial charge in [0, 0.05) is 0 Å². The SMILES string of the molecule is CCCNCCC(CC)C(C)C(CC)CN. The normalized spacial score (nSPS) is 17.1. The van der Waals surface area contributed by atoms with Crippen molar-refractivity contribution in [2.45, 2.75) is 53.4 Å². The maximum absolute atomic E-state index is 5.84. The van der Waals surface area contributed by atoms with Gasteiger partial charge in [-0.1, -0.05) is 40.5 Å². The highest BCUT2D eigenvalue weighted by Crippen LogP contribution is 2.27. The topological polar surface area (TPSA) is 38.0 Å². The Kier molecular flexibility index (Phi) is 10.0. The molecule has 2 nitrogen and oxygen atoms in total. The van der Waals surface area contributed by atoms with Gasteiger partial charge in [-0.15, -0.1) is 0 Å². The molecule has 0 saturated heterocycles. The van der Waals surface area contributed by atoms with Crippen molar-refractivity contribution in [3.05, 3.63) is 0 Å². The third-order valence-corrected chi connectivity index (χ3v) is 3.96. The third kappa shape index (κ3) is 5.86. The number of hydrogen-bond acceptors (Lipinski definition) is 2. The van der Waals surface area contributed by atoms with Crippen LogP contribution in [-0.4, -0.2) is 19.6 Å². The molecule has 0 saturated carbocycles. The zero-order valence-corrected chi connectivity index (χ0v) is 11.8. The van der Waals surface area contributed by atoms with Crippen molar-refractivity contribution in [2.75, 3.05) is 19.6 Å². The molecule has 0 spiro atoms. The van der Waals surface area contributed by atoms with Gasteiger partial charge in [-0.3, -0.25) is 0 Å². The fraction of sp³-hybridized carbons (Fsp3) is 1.00. The Labute approximate surface area is 102 Å². The minimum Gasteiger partial charge on any atom is -0.330 e. The van der Waals surface area contributed by atoms with Gasteiger partial charge in [0.25, 0.3) is 0 Å². The molecule has 0 aromatic heterocycles. The first-order valence-electron chi connectivity index (χ1n) is 7.11. The van der Waals surface area contributed by atoms with Crippen LogP contribution in [0.2, 0.25) is 0 Å². The second-order valence-corrected chi connectivity index (χ2v) is 4.97. The summed E-state index contributed by atoms with van der Waals surface area (Å²) in [5.41, 5.74) is 5.84. The van der Waals surface area contributed by atoms with Crippen molar-refractivity contribution in [3.8, 4) is 0 Å². The first-order valence-corrected chi connectivity index (χ1v) is 7.11. The number of nitrogens with one attached hydrogen (secondary N) is 1. The molecule has 0 rings (SSSR count). The highest BCUT2D eigenvalue weighted by molar-refractivity contribution is 4.74. The van der Waals surface area contributed by atoms with E-state index < -0.39 is 0 Å². The molecule has 98 valence electrons. The van der Waals surface area contributed by atoms with Gasteiger partial charge in [-0.2, -0.15) is 0 Å². The average Bonchev–Trinajstić information content (AvgIpc) is 2.30. The molecule has 0 fully saturated rings. The maximum atomic E-state index is 5.84. The summed E-state index contributed by atoms with van der Waals surface area (Å²) >= 11 is 0. The average molecular weight is 228 g/mol. The van der Waals surface area contributed by atoms with E-state index in [4.69, 9.17) is 5.73 Å². The van der Waals surface area contributed by atoms with Gasteiger partial charge in [0.2, 0.25) is 0 Å². The summed E-state index contributed by atoms with van der Waals surface area (Å²) < 4.78 is 0. The molecule has 3 N–H and O–H groups in total. The predicted molar refractivity (Wildman–Crippen MR) is 73.6 cm³/mol. The molecule has 0 aliphatic heterocycles. The second kappa shape index (κ2) is 10.1. The molecule has 3 unspecified atom stereocenters. The largest absolute Gasteiger partial charge is 0.330 e. The van der Waals surface area contributed by atoms with E-state index >= 15 is 0 Å². The fourth-order valence-corrected chi connectivity index (χ4v) is 2.57. The van der Waals surface area contributed by atoms with Crippen LogP contribution in [0.1, 0.15) is 53.4 Å². The molecule has 0 radical (unpaired) electrons. The highest BCUT2D eigenvalue weighted by Gasteiger charge is 2.21. The van der Waals surface area contributed by atoms with E-state index in [1.807, 2.05) is 0 Å². The Morgan fingerprint density at radius 3 is 2.06 bits per heavy atom. The molecular weight excluding hydrogens is 196 g/mol. The van der Waals surface area contributed by atoms with Crippen molar-refractivity contribution in [1.82, 2.24) is 5.32 Å². The van der Waals surface area contributed by atoms with Crippen LogP contribution in [-0.2, 0) is 0 Å². The highest BCUT2D eigenvalue weighted by atomic mass is 14.8. The Hall–Kier alpha value is -0.0800. The zero-order chi connectivity index (χ0) is 12.4. The lowest BCUT2D eigenvalue weighted by Gasteiger charge is -2.29. The Balaban J connectivity index is 3.95. The zero-order valence-electron chi connectivity index (χ0n) is 11.8. The molecule has 3 atom stereocenters. The molecule has 0 aromatic rings. The van der Waals surface area contributed by atoms with Crippen molar-refractivity contribution >= 4 is 0 Å². The minimum absolute atomic E-state index is 0.705. The predicted octanol–water partition coefficient (Wildman–Crippen LogP) is 3.02. The molecule has 0 bridgehead atoms. The van der Waals surface area contributed by atoms with Crippen LogP contribution >= 0.6 is 0 Å². The standard InChI is InChI=1S/C14H32N2/c1-5-9-16-10-8-13(6-2)12(4)14(7-3)11-15/h12-14,16H,5-11,15H2,1-4H3. The van der Waals surface area contributed by atoms with E-state index in [2.05, 4.69) is 33.0 Å². The number of hydrogen-bond donors (Lipinski definition) is 2. The molecule has 0 aliphatic carbocycles. The summed E-state index contributed by atoms with van der Waals surface area (Å²) in [6.45, 7) is 12.3. The van der Waals surface area contributed by atoms with Gasteiger partial charge >= 0.3 is 0 Å². The monoisotopic (exact) mass is 228 g/mol. The molecule has 0 aliphatic rings. The van der Waals surface area contributed by atoms with Crippen LogP contribution in [0.5, 0.6) is 0 Å². The molecule has 0 amide bonds. The molecule has 2 heteroatoms. The summed E-state index contributed by atoms with van der Waals surface area (Å²) in [6, 6.07) is 0. The Morgan fingerprint density at radius 2 is 1.62 bits per heavy atom. The summed E-state index contributed by atoms with van der Waals surface area (Å²) in [5.74, 6) is 2.30. The van der Waals surface area contributed by atoms with Crippen molar-refractivity contribution < 1.29 is 0 Å². The van der Waals surface area contributed by atoms with E-state index in [-0.39, 0.29) is 0 Å². The second-order valence-electron chi connectivity index (χ2n) is 4.97. The number of nitrogens with two attached hydrogens (primary N) is 1. The molecule has 16 heavy (non-hydrogen) atoms. The Bertz CT molecular complexity index is 144. The van der Waals surface area contributed by atoms with Crippen LogP contribution in [0, 0.1) is 17.8 Å². The van der Waals surface area contributed by atoms with E-state index in [1.165, 1.54) is 25.7 Å². The third-order valence-electron chi connectivity index (χ3n) is 3.96. The smallest absolute Gasteiger partial charge is 0.00462 e. The van der Waals surface area contributed by atoms with E-state index in [0.29, 0.717) is 5.92 Å². The first-order chi connectivity index (χ1) is 7.71. The van der Waals surface area contributed by atoms with E-state index in [1.54, 1.807) is 0 Å². The maximum Gasteiger partial charge on any atom is -0.00462 e. The van der Waals surface area contributed by atoms with E-state index in [9.17, 15) is 0 Å². The molecule has 0 aromatic carbocycles. The molecule has 0 heterocycles. The molecular formula is C14H32N2. The summed E-state index contributed by atoms with van der Waals surface area (Å²) in [5, 5.41) is 3.50. The van der Waals surface area contributed by atoms with Crippen molar-refractivity contribution in [1.29, 1.82) is 0 Å². The van der Waals surface area contributed by atoms with E-state index in [0.717, 1.165) is 31.5 Å². The summed E-state index contributed by atoms with van der Waals surface area (Å²) in [4.78, 5) is 0. The van der Waals surface area contributed by atoms with Crippen LogP contribution in [0.3, 0.4) is 0 Å². The fourth-order valence-electron chi connectivity index (χ4n) is 2.57. The van der Waals surface area contributed by atoms with Gasteiger partial charge in [0.1, 0.15) is 0 Å². The van der Waals surface area contributed by atoms with Gasteiger partial charge in [-0.25, -0.2) is 0 Å². The van der Waals surface area contributed by atoms with Crippen LogP contribution in [0.25, 0.3) is 0 Å². The van der Waals surface area contributed by atoms with Gasteiger partial charge in [-0.05, 0) is 50.2 Å². The van der Waals surface area contributed by atoms with Crippen LogP contribution in [0.15, 0.2) is 0 Å². The lowest BCUT2D eigenvalue weighted by molar-refractivity contribution is 0.225.